The highest BCUT2D eigenvalue weighted by molar-refractivity contribution is 6.35. The molecule has 0 saturated heterocycles. The van der Waals surface area contributed by atoms with Crippen molar-refractivity contribution in [2.75, 3.05) is 0 Å². The van der Waals surface area contributed by atoms with Crippen LogP contribution in [0, 0.1) is 43.7 Å². The van der Waals surface area contributed by atoms with E-state index in [0.29, 0.717) is 46.6 Å². The van der Waals surface area contributed by atoms with Gasteiger partial charge in [0, 0.05) is 28.5 Å². The number of halogens is 4. The SMILES string of the molecule is CC(C)c1ccccc1C(C)C.CC(C)c1ccncc1C(C)C.Cc1cc(C#N)cc(C(C)C)c1.Cc1cc(C(C)C)c(Cl)cc1Cl.Cc1cc(C(C)C)c(F)cc1F. The van der Waals surface area contributed by atoms with Gasteiger partial charge in [0.25, 0.3) is 0 Å². The Kier molecular flexibility index (Phi) is 23.7. The van der Waals surface area contributed by atoms with Crippen LogP contribution in [-0.2, 0) is 0 Å². The van der Waals surface area contributed by atoms with Crippen LogP contribution >= 0.6 is 23.2 Å². The first-order valence-corrected chi connectivity index (χ1v) is 22.1. The number of hydrogen-bond donors (Lipinski definition) is 0. The Labute approximate surface area is 373 Å². The summed E-state index contributed by atoms with van der Waals surface area (Å²) in [5.41, 5.74) is 12.3. The molecule has 5 aromatic rings. The minimum Gasteiger partial charge on any atom is -0.264 e. The molecule has 0 spiro atoms. The summed E-state index contributed by atoms with van der Waals surface area (Å²) in [6.07, 6.45) is 3.86. The molecular weight excluding hydrogens is 786 g/mol. The van der Waals surface area contributed by atoms with Crippen LogP contribution in [0.2, 0.25) is 10.0 Å². The van der Waals surface area contributed by atoms with Crippen LogP contribution in [0.25, 0.3) is 0 Å². The van der Waals surface area contributed by atoms with Crippen LogP contribution in [0.5, 0.6) is 0 Å². The third-order valence-corrected chi connectivity index (χ3v) is 10.8. The van der Waals surface area contributed by atoms with Gasteiger partial charge < -0.3 is 0 Å². The maximum absolute atomic E-state index is 13.0. The molecule has 0 N–H and O–H groups in total. The monoisotopic (exact) mass is 857 g/mol. The lowest BCUT2D eigenvalue weighted by molar-refractivity contribution is 0.560. The van der Waals surface area contributed by atoms with E-state index in [2.05, 4.69) is 137 Å². The number of nitrogens with zero attached hydrogens (tertiary/aromatic N) is 2. The van der Waals surface area contributed by atoms with E-state index in [-0.39, 0.29) is 5.92 Å². The molecule has 0 aliphatic heterocycles. The van der Waals surface area contributed by atoms with Gasteiger partial charge in [0.15, 0.2) is 0 Å². The summed E-state index contributed by atoms with van der Waals surface area (Å²) in [6, 6.07) is 25.4. The van der Waals surface area contributed by atoms with Crippen molar-refractivity contribution in [3.05, 3.63) is 168 Å². The van der Waals surface area contributed by atoms with Gasteiger partial charge in [-0.2, -0.15) is 5.26 Å². The van der Waals surface area contributed by atoms with Gasteiger partial charge in [0.1, 0.15) is 11.6 Å². The second kappa shape index (κ2) is 26.3. The molecule has 4 aromatic carbocycles. The smallest absolute Gasteiger partial charge is 0.129 e. The van der Waals surface area contributed by atoms with Gasteiger partial charge in [-0.1, -0.05) is 163 Å². The molecule has 1 heterocycles. The Morgan fingerprint density at radius 3 is 1.38 bits per heavy atom. The predicted octanol–water partition coefficient (Wildman–Crippen LogP) is 18.1. The van der Waals surface area contributed by atoms with Crippen molar-refractivity contribution in [1.29, 1.82) is 5.26 Å². The summed E-state index contributed by atoms with van der Waals surface area (Å²) in [6.45, 7) is 35.8. The van der Waals surface area contributed by atoms with Crippen molar-refractivity contribution in [1.82, 2.24) is 4.98 Å². The molecule has 0 unspecified atom stereocenters. The van der Waals surface area contributed by atoms with E-state index in [0.717, 1.165) is 32.8 Å². The maximum Gasteiger partial charge on any atom is 0.129 e. The predicted molar refractivity (Wildman–Crippen MR) is 257 cm³/mol. The summed E-state index contributed by atoms with van der Waals surface area (Å²) < 4.78 is 25.8. The lowest BCUT2D eigenvalue weighted by Crippen LogP contribution is -1.98. The van der Waals surface area contributed by atoms with Crippen LogP contribution in [0.15, 0.2) is 85.2 Å². The molecular formula is C54H72Cl2F2N2. The van der Waals surface area contributed by atoms with Crippen molar-refractivity contribution < 1.29 is 8.78 Å². The summed E-state index contributed by atoms with van der Waals surface area (Å²) in [7, 11) is 0. The van der Waals surface area contributed by atoms with Gasteiger partial charge in [-0.05, 0) is 142 Å². The zero-order valence-corrected chi connectivity index (χ0v) is 41.0. The molecule has 0 bridgehead atoms. The number of nitriles is 1. The molecule has 2 nitrogen and oxygen atoms in total. The second-order valence-electron chi connectivity index (χ2n) is 17.7. The van der Waals surface area contributed by atoms with Crippen LogP contribution < -0.4 is 0 Å². The molecule has 0 atom stereocenters. The van der Waals surface area contributed by atoms with Gasteiger partial charge >= 0.3 is 0 Å². The molecule has 0 saturated carbocycles. The molecule has 0 aliphatic rings. The van der Waals surface area contributed by atoms with E-state index in [4.69, 9.17) is 28.5 Å². The Morgan fingerprint density at radius 2 is 0.950 bits per heavy atom. The van der Waals surface area contributed by atoms with E-state index in [1.165, 1.54) is 33.4 Å². The summed E-state index contributed by atoms with van der Waals surface area (Å²) in [5, 5.41) is 10.2. The van der Waals surface area contributed by atoms with Gasteiger partial charge in [-0.25, -0.2) is 8.78 Å². The molecule has 0 amide bonds. The average Bonchev–Trinajstić information content (AvgIpc) is 3.18. The summed E-state index contributed by atoms with van der Waals surface area (Å²) >= 11 is 11.9. The molecule has 5 rings (SSSR count). The van der Waals surface area contributed by atoms with Crippen LogP contribution in [0.3, 0.4) is 0 Å². The number of benzene rings is 4. The quantitative estimate of drug-likeness (QED) is 0.163. The fraction of sp³-hybridized carbons (Fsp3) is 0.444. The Hall–Kier alpha value is -4.04. The van der Waals surface area contributed by atoms with Crippen molar-refractivity contribution >= 4 is 23.2 Å². The van der Waals surface area contributed by atoms with Gasteiger partial charge in [-0.15, -0.1) is 0 Å². The standard InChI is InChI=1S/C12H18.C11H13N.C11H17N.C10H12Cl2.C10H12F2/c1-9(2)11-7-5-6-8-12(11)10(3)4;1-8(2)11-5-9(3)4-10(6-11)7-12;1-8(2)10-5-6-12-7-11(10)9(3)4;2*1-6(2)8-4-7(3)9(11)5-10(8)12/h5-10H,1-4H3;4-6,8H,1-3H3;5-9H,1-4H3;2*4-6H,1-3H3. The first kappa shape index (κ1) is 54.0. The highest BCUT2D eigenvalue weighted by Crippen LogP contribution is 2.30. The lowest BCUT2D eigenvalue weighted by Gasteiger charge is -2.14. The fourth-order valence-electron chi connectivity index (χ4n) is 6.44. The van der Waals surface area contributed by atoms with Crippen LogP contribution in [0.1, 0.15) is 200 Å². The maximum atomic E-state index is 13.0. The largest absolute Gasteiger partial charge is 0.264 e. The van der Waals surface area contributed by atoms with Crippen molar-refractivity contribution in [3.8, 4) is 6.07 Å². The highest BCUT2D eigenvalue weighted by Gasteiger charge is 2.11. The number of aryl methyl sites for hydroxylation is 3. The third-order valence-electron chi connectivity index (χ3n) is 10.1. The van der Waals surface area contributed by atoms with E-state index < -0.39 is 11.6 Å². The fourth-order valence-corrected chi connectivity index (χ4v) is 7.04. The molecule has 326 valence electrons. The van der Waals surface area contributed by atoms with E-state index in [9.17, 15) is 8.78 Å². The molecule has 0 radical (unpaired) electrons. The van der Waals surface area contributed by atoms with Crippen molar-refractivity contribution in [2.45, 2.75) is 159 Å². The first-order chi connectivity index (χ1) is 27.9. The van der Waals surface area contributed by atoms with Crippen molar-refractivity contribution in [2.24, 2.45) is 0 Å². The first-order valence-electron chi connectivity index (χ1n) is 21.4. The van der Waals surface area contributed by atoms with Gasteiger partial charge in [-0.3, -0.25) is 4.98 Å². The Morgan fingerprint density at radius 1 is 0.483 bits per heavy atom. The van der Waals surface area contributed by atoms with Crippen LogP contribution in [0.4, 0.5) is 8.78 Å². The van der Waals surface area contributed by atoms with E-state index >= 15 is 0 Å². The molecule has 0 fully saturated rings. The number of pyridine rings is 1. The van der Waals surface area contributed by atoms with Crippen molar-refractivity contribution in [3.63, 3.8) is 0 Å². The third kappa shape index (κ3) is 17.9. The molecule has 0 aliphatic carbocycles. The molecule has 60 heavy (non-hydrogen) atoms. The Balaban J connectivity index is 0.000000375. The number of rotatable bonds is 7. The minimum absolute atomic E-state index is 0.101. The normalized spacial score (nSPS) is 10.8. The van der Waals surface area contributed by atoms with Crippen LogP contribution in [-0.4, -0.2) is 4.98 Å². The van der Waals surface area contributed by atoms with E-state index in [1.807, 2.05) is 58.3 Å². The molecule has 6 heteroatoms. The number of hydrogen-bond acceptors (Lipinski definition) is 2. The lowest BCUT2D eigenvalue weighted by atomic mass is 9.91. The second-order valence-corrected chi connectivity index (χ2v) is 18.5. The zero-order valence-electron chi connectivity index (χ0n) is 39.5. The number of aromatic nitrogens is 1. The minimum atomic E-state index is -0.475. The molecule has 1 aromatic heterocycles. The highest BCUT2D eigenvalue weighted by atomic mass is 35.5. The summed E-state index contributed by atoms with van der Waals surface area (Å²) in [4.78, 5) is 4.15. The topological polar surface area (TPSA) is 36.7 Å². The van der Waals surface area contributed by atoms with Gasteiger partial charge in [0.2, 0.25) is 0 Å². The average molecular weight is 858 g/mol. The van der Waals surface area contributed by atoms with Gasteiger partial charge in [0.05, 0.1) is 11.6 Å². The zero-order chi connectivity index (χ0) is 46.0. The Bertz CT molecular complexity index is 1940. The summed E-state index contributed by atoms with van der Waals surface area (Å²) in [5.74, 6) is 2.59. The van der Waals surface area contributed by atoms with E-state index in [1.54, 1.807) is 13.0 Å².